The van der Waals surface area contributed by atoms with Crippen molar-refractivity contribution in [2.75, 3.05) is 6.54 Å². The van der Waals surface area contributed by atoms with E-state index >= 15 is 0 Å². The van der Waals surface area contributed by atoms with E-state index in [0.29, 0.717) is 5.56 Å². The van der Waals surface area contributed by atoms with Crippen LogP contribution in [0.4, 0.5) is 0 Å². The van der Waals surface area contributed by atoms with Gasteiger partial charge >= 0.3 is 0 Å². The van der Waals surface area contributed by atoms with E-state index in [9.17, 15) is 4.79 Å². The highest BCUT2D eigenvalue weighted by Gasteiger charge is 2.30. The fourth-order valence-corrected chi connectivity index (χ4v) is 3.05. The van der Waals surface area contributed by atoms with Gasteiger partial charge in [-0.2, -0.15) is 5.10 Å². The molecule has 4 heterocycles. The lowest BCUT2D eigenvalue weighted by atomic mass is 10.0. The van der Waals surface area contributed by atoms with Crippen molar-refractivity contribution in [1.82, 2.24) is 29.5 Å². The summed E-state index contributed by atoms with van der Waals surface area (Å²) in [5.74, 6) is 0.786. The number of imidazole rings is 1. The number of H-pyrrole nitrogens is 1. The SMILES string of the molecule is O=C(c1ccc2nccn2c1)N1CCCC[C@H]1c1ncn[nH]1. The first-order valence-electron chi connectivity index (χ1n) is 7.42. The topological polar surface area (TPSA) is 79.2 Å². The number of nitrogens with one attached hydrogen (secondary N) is 1. The maximum absolute atomic E-state index is 12.9. The van der Waals surface area contributed by atoms with Crippen molar-refractivity contribution in [3.8, 4) is 0 Å². The normalized spacial score (nSPS) is 18.7. The summed E-state index contributed by atoms with van der Waals surface area (Å²) in [7, 11) is 0. The highest BCUT2D eigenvalue weighted by molar-refractivity contribution is 5.94. The van der Waals surface area contributed by atoms with E-state index in [0.717, 1.165) is 37.3 Å². The van der Waals surface area contributed by atoms with Crippen molar-refractivity contribution >= 4 is 11.6 Å². The van der Waals surface area contributed by atoms with Crippen LogP contribution in [0.1, 0.15) is 41.5 Å². The first-order valence-corrected chi connectivity index (χ1v) is 7.42. The molecule has 1 N–H and O–H groups in total. The summed E-state index contributed by atoms with van der Waals surface area (Å²) in [4.78, 5) is 23.2. The maximum Gasteiger partial charge on any atom is 0.255 e. The van der Waals surface area contributed by atoms with Crippen LogP contribution in [0.15, 0.2) is 37.1 Å². The number of aromatic nitrogens is 5. The second-order valence-corrected chi connectivity index (χ2v) is 5.49. The molecule has 4 rings (SSSR count). The minimum Gasteiger partial charge on any atom is -0.328 e. The number of piperidine rings is 1. The van der Waals surface area contributed by atoms with Crippen molar-refractivity contribution in [2.45, 2.75) is 25.3 Å². The van der Waals surface area contributed by atoms with E-state index in [1.165, 1.54) is 6.33 Å². The van der Waals surface area contributed by atoms with Crippen LogP contribution in [0.3, 0.4) is 0 Å². The van der Waals surface area contributed by atoms with Gasteiger partial charge in [-0.25, -0.2) is 9.97 Å². The molecular formula is C15H16N6O. The standard InChI is InChI=1S/C15H16N6O/c22-15(11-4-5-13-16-6-8-20(13)9-11)21-7-2-1-3-12(21)14-17-10-18-19-14/h4-6,8-10,12H,1-3,7H2,(H,17,18,19)/t12-/m0/s1. The molecule has 0 aromatic carbocycles. The summed E-state index contributed by atoms with van der Waals surface area (Å²) in [5, 5.41) is 6.81. The summed E-state index contributed by atoms with van der Waals surface area (Å²) in [6, 6.07) is 3.67. The zero-order chi connectivity index (χ0) is 14.9. The number of amides is 1. The average molecular weight is 296 g/mol. The monoisotopic (exact) mass is 296 g/mol. The molecule has 0 unspecified atom stereocenters. The Labute approximate surface area is 127 Å². The van der Waals surface area contributed by atoms with Gasteiger partial charge in [0.05, 0.1) is 11.6 Å². The summed E-state index contributed by atoms with van der Waals surface area (Å²) in [6.45, 7) is 0.742. The molecule has 112 valence electrons. The van der Waals surface area contributed by atoms with Gasteiger partial charge in [-0.15, -0.1) is 0 Å². The molecule has 0 spiro atoms. The van der Waals surface area contributed by atoms with Gasteiger partial charge in [-0.3, -0.25) is 9.89 Å². The van der Waals surface area contributed by atoms with Crippen LogP contribution in [0.5, 0.6) is 0 Å². The van der Waals surface area contributed by atoms with Gasteiger partial charge in [0.2, 0.25) is 0 Å². The molecule has 7 heteroatoms. The number of carbonyl (C=O) groups is 1. The van der Waals surface area contributed by atoms with Crippen LogP contribution < -0.4 is 0 Å². The third-order valence-electron chi connectivity index (χ3n) is 4.15. The molecule has 0 radical (unpaired) electrons. The third kappa shape index (κ3) is 2.14. The Kier molecular flexibility index (Phi) is 3.10. The zero-order valence-corrected chi connectivity index (χ0v) is 12.0. The molecule has 0 saturated carbocycles. The van der Waals surface area contributed by atoms with E-state index in [1.807, 2.05) is 33.8 Å². The summed E-state index contributed by atoms with van der Waals surface area (Å²) >= 11 is 0. The molecule has 1 amide bonds. The average Bonchev–Trinajstić information content (AvgIpc) is 3.24. The summed E-state index contributed by atoms with van der Waals surface area (Å²) in [6.07, 6.45) is 9.91. The number of rotatable bonds is 2. The number of hydrogen-bond acceptors (Lipinski definition) is 4. The molecule has 0 bridgehead atoms. The van der Waals surface area contributed by atoms with Crippen molar-refractivity contribution < 1.29 is 4.79 Å². The Balaban J connectivity index is 1.67. The van der Waals surface area contributed by atoms with Gasteiger partial charge in [0.15, 0.2) is 0 Å². The lowest BCUT2D eigenvalue weighted by Crippen LogP contribution is -2.39. The van der Waals surface area contributed by atoms with Gasteiger partial charge in [0.25, 0.3) is 5.91 Å². The predicted molar refractivity (Wildman–Crippen MR) is 79.2 cm³/mol. The molecule has 22 heavy (non-hydrogen) atoms. The summed E-state index contributed by atoms with van der Waals surface area (Å²) in [5.41, 5.74) is 1.50. The fourth-order valence-electron chi connectivity index (χ4n) is 3.05. The highest BCUT2D eigenvalue weighted by atomic mass is 16.2. The number of nitrogens with zero attached hydrogens (tertiary/aromatic N) is 5. The molecule has 3 aromatic rings. The molecule has 1 fully saturated rings. The Morgan fingerprint density at radius 1 is 1.27 bits per heavy atom. The first kappa shape index (κ1) is 13.0. The number of pyridine rings is 1. The number of carbonyl (C=O) groups excluding carboxylic acids is 1. The molecule has 3 aromatic heterocycles. The predicted octanol–water partition coefficient (Wildman–Crippen LogP) is 1.82. The highest BCUT2D eigenvalue weighted by Crippen LogP contribution is 2.29. The van der Waals surface area contributed by atoms with Gasteiger partial charge in [0, 0.05) is 25.1 Å². The van der Waals surface area contributed by atoms with Gasteiger partial charge < -0.3 is 9.30 Å². The van der Waals surface area contributed by atoms with E-state index in [1.54, 1.807) is 6.20 Å². The van der Waals surface area contributed by atoms with Crippen molar-refractivity contribution in [3.05, 3.63) is 48.4 Å². The van der Waals surface area contributed by atoms with Crippen LogP contribution in [-0.4, -0.2) is 41.9 Å². The molecule has 1 saturated heterocycles. The van der Waals surface area contributed by atoms with Gasteiger partial charge in [-0.1, -0.05) is 0 Å². The Hall–Kier alpha value is -2.70. The van der Waals surface area contributed by atoms with Crippen LogP contribution in [0.25, 0.3) is 5.65 Å². The number of aromatic amines is 1. The molecule has 0 aliphatic carbocycles. The Morgan fingerprint density at radius 2 is 2.23 bits per heavy atom. The van der Waals surface area contributed by atoms with E-state index < -0.39 is 0 Å². The molecule has 1 aliphatic heterocycles. The lowest BCUT2D eigenvalue weighted by Gasteiger charge is -2.34. The maximum atomic E-state index is 12.9. The minimum atomic E-state index is -0.0257. The Bertz CT molecular complexity index is 793. The van der Waals surface area contributed by atoms with Gasteiger partial charge in [0.1, 0.15) is 17.8 Å². The lowest BCUT2D eigenvalue weighted by molar-refractivity contribution is 0.0600. The van der Waals surface area contributed by atoms with Gasteiger partial charge in [-0.05, 0) is 31.4 Å². The second kappa shape index (κ2) is 5.25. The molecule has 1 aliphatic rings. The van der Waals surface area contributed by atoms with E-state index in [4.69, 9.17) is 0 Å². The fraction of sp³-hybridized carbons (Fsp3) is 0.333. The van der Waals surface area contributed by atoms with E-state index in [2.05, 4.69) is 20.2 Å². The Morgan fingerprint density at radius 3 is 3.09 bits per heavy atom. The number of hydrogen-bond donors (Lipinski definition) is 1. The first-order chi connectivity index (χ1) is 10.8. The van der Waals surface area contributed by atoms with Crippen molar-refractivity contribution in [1.29, 1.82) is 0 Å². The second-order valence-electron chi connectivity index (χ2n) is 5.49. The molecular weight excluding hydrogens is 280 g/mol. The number of likely N-dealkylation sites (tertiary alicyclic amines) is 1. The third-order valence-corrected chi connectivity index (χ3v) is 4.15. The van der Waals surface area contributed by atoms with Crippen molar-refractivity contribution in [2.24, 2.45) is 0 Å². The number of fused-ring (bicyclic) bond motifs is 1. The van der Waals surface area contributed by atoms with Crippen LogP contribution in [0, 0.1) is 0 Å². The van der Waals surface area contributed by atoms with Crippen LogP contribution >= 0.6 is 0 Å². The largest absolute Gasteiger partial charge is 0.328 e. The van der Waals surface area contributed by atoms with Crippen LogP contribution in [0.2, 0.25) is 0 Å². The van der Waals surface area contributed by atoms with Crippen molar-refractivity contribution in [3.63, 3.8) is 0 Å². The summed E-state index contributed by atoms with van der Waals surface area (Å²) < 4.78 is 1.86. The molecule has 7 nitrogen and oxygen atoms in total. The minimum absolute atomic E-state index is 0.0247. The smallest absolute Gasteiger partial charge is 0.255 e. The quantitative estimate of drug-likeness (QED) is 0.782. The van der Waals surface area contributed by atoms with Crippen LogP contribution in [-0.2, 0) is 0 Å². The zero-order valence-electron chi connectivity index (χ0n) is 12.0. The molecule has 1 atom stereocenters. The van der Waals surface area contributed by atoms with E-state index in [-0.39, 0.29) is 11.9 Å².